The molecule has 0 radical (unpaired) electrons. The van der Waals surface area contributed by atoms with E-state index in [4.69, 9.17) is 5.73 Å². The minimum Gasteiger partial charge on any atom is -0.329 e. The molecular formula is C15H31N3. The zero-order chi connectivity index (χ0) is 13.2. The molecule has 2 aliphatic rings. The van der Waals surface area contributed by atoms with Crippen LogP contribution in [0.4, 0.5) is 0 Å². The summed E-state index contributed by atoms with van der Waals surface area (Å²) in [5, 5.41) is 0. The van der Waals surface area contributed by atoms with Gasteiger partial charge in [-0.05, 0) is 57.8 Å². The van der Waals surface area contributed by atoms with Crippen LogP contribution in [0.5, 0.6) is 0 Å². The number of likely N-dealkylation sites (tertiary alicyclic amines) is 2. The fraction of sp³-hybridized carbons (Fsp3) is 1.00. The van der Waals surface area contributed by atoms with Crippen molar-refractivity contribution in [2.24, 2.45) is 11.7 Å². The maximum Gasteiger partial charge on any atom is 0.0359 e. The molecule has 0 bridgehead atoms. The lowest BCUT2D eigenvalue weighted by atomic mass is 9.83. The van der Waals surface area contributed by atoms with Crippen molar-refractivity contribution in [1.82, 2.24) is 9.80 Å². The molecule has 0 aromatic heterocycles. The zero-order valence-corrected chi connectivity index (χ0v) is 12.5. The van der Waals surface area contributed by atoms with Crippen molar-refractivity contribution >= 4 is 0 Å². The summed E-state index contributed by atoms with van der Waals surface area (Å²) in [6.07, 6.45) is 5.26. The molecule has 2 N–H and O–H groups in total. The van der Waals surface area contributed by atoms with Crippen molar-refractivity contribution in [3.63, 3.8) is 0 Å². The Bertz CT molecular complexity index is 256. The van der Waals surface area contributed by atoms with E-state index < -0.39 is 0 Å². The standard InChI is InChI=1S/C15H31N3/c1-4-17-10-7-15(12-16,8-11-17)18-9-5-6-14(18)13(2)3/h13-14H,4-12,16H2,1-3H3. The molecule has 0 saturated carbocycles. The average molecular weight is 253 g/mol. The topological polar surface area (TPSA) is 32.5 Å². The molecule has 2 rings (SSSR count). The maximum atomic E-state index is 6.21. The molecule has 0 aromatic carbocycles. The Morgan fingerprint density at radius 1 is 1.22 bits per heavy atom. The Balaban J connectivity index is 2.08. The summed E-state index contributed by atoms with van der Waals surface area (Å²) in [7, 11) is 0. The van der Waals surface area contributed by atoms with Gasteiger partial charge in [-0.3, -0.25) is 4.90 Å². The van der Waals surface area contributed by atoms with E-state index in [2.05, 4.69) is 30.6 Å². The van der Waals surface area contributed by atoms with Gasteiger partial charge < -0.3 is 10.6 Å². The third kappa shape index (κ3) is 2.59. The highest BCUT2D eigenvalue weighted by atomic mass is 15.3. The molecule has 2 fully saturated rings. The molecule has 18 heavy (non-hydrogen) atoms. The Labute approximate surface area is 113 Å². The fourth-order valence-corrected chi connectivity index (χ4v) is 3.97. The van der Waals surface area contributed by atoms with Gasteiger partial charge in [-0.2, -0.15) is 0 Å². The third-order valence-electron chi connectivity index (χ3n) is 5.29. The number of rotatable bonds is 4. The van der Waals surface area contributed by atoms with E-state index in [1.165, 1.54) is 51.9 Å². The lowest BCUT2D eigenvalue weighted by Crippen LogP contribution is -2.61. The van der Waals surface area contributed by atoms with Gasteiger partial charge in [0.2, 0.25) is 0 Å². The Morgan fingerprint density at radius 2 is 1.89 bits per heavy atom. The SMILES string of the molecule is CCN1CCC(CN)(N2CCCC2C(C)C)CC1. The number of hydrogen-bond acceptors (Lipinski definition) is 3. The van der Waals surface area contributed by atoms with Crippen LogP contribution in [0.15, 0.2) is 0 Å². The van der Waals surface area contributed by atoms with E-state index in [0.29, 0.717) is 5.54 Å². The van der Waals surface area contributed by atoms with Crippen LogP contribution in [-0.2, 0) is 0 Å². The molecule has 2 aliphatic heterocycles. The normalized spacial score (nSPS) is 30.2. The van der Waals surface area contributed by atoms with Crippen LogP contribution in [-0.4, -0.2) is 54.1 Å². The quantitative estimate of drug-likeness (QED) is 0.831. The highest BCUT2D eigenvalue weighted by Gasteiger charge is 2.44. The molecular weight excluding hydrogens is 222 g/mol. The first-order valence-corrected chi connectivity index (χ1v) is 7.82. The van der Waals surface area contributed by atoms with Crippen LogP contribution in [0.1, 0.15) is 46.5 Å². The van der Waals surface area contributed by atoms with Gasteiger partial charge in [0.05, 0.1) is 0 Å². The molecule has 0 aromatic rings. The van der Waals surface area contributed by atoms with E-state index in [1.54, 1.807) is 0 Å². The number of nitrogens with zero attached hydrogens (tertiary/aromatic N) is 2. The lowest BCUT2D eigenvalue weighted by Gasteiger charge is -2.50. The van der Waals surface area contributed by atoms with Crippen LogP contribution >= 0.6 is 0 Å². The number of piperidine rings is 1. The van der Waals surface area contributed by atoms with Crippen LogP contribution in [0.3, 0.4) is 0 Å². The fourth-order valence-electron chi connectivity index (χ4n) is 3.97. The molecule has 3 nitrogen and oxygen atoms in total. The monoisotopic (exact) mass is 253 g/mol. The van der Waals surface area contributed by atoms with Crippen LogP contribution in [0.2, 0.25) is 0 Å². The van der Waals surface area contributed by atoms with Gasteiger partial charge in [-0.1, -0.05) is 20.8 Å². The van der Waals surface area contributed by atoms with Gasteiger partial charge in [0.1, 0.15) is 0 Å². The van der Waals surface area contributed by atoms with Gasteiger partial charge in [0, 0.05) is 18.1 Å². The average Bonchev–Trinajstić information content (AvgIpc) is 2.89. The highest BCUT2D eigenvalue weighted by molar-refractivity contribution is 5.01. The van der Waals surface area contributed by atoms with Crippen molar-refractivity contribution < 1.29 is 0 Å². The summed E-state index contributed by atoms with van der Waals surface area (Å²) >= 11 is 0. The summed E-state index contributed by atoms with van der Waals surface area (Å²) < 4.78 is 0. The molecule has 1 unspecified atom stereocenters. The second kappa shape index (κ2) is 5.89. The highest BCUT2D eigenvalue weighted by Crippen LogP contribution is 2.36. The molecule has 106 valence electrons. The molecule has 0 aliphatic carbocycles. The zero-order valence-electron chi connectivity index (χ0n) is 12.5. The molecule has 2 heterocycles. The molecule has 1 atom stereocenters. The Morgan fingerprint density at radius 3 is 2.39 bits per heavy atom. The van der Waals surface area contributed by atoms with Crippen molar-refractivity contribution in [3.05, 3.63) is 0 Å². The first kappa shape index (κ1) is 14.3. The van der Waals surface area contributed by atoms with Gasteiger partial charge in [-0.25, -0.2) is 0 Å². The second-order valence-corrected chi connectivity index (χ2v) is 6.51. The van der Waals surface area contributed by atoms with Gasteiger partial charge in [0.25, 0.3) is 0 Å². The van der Waals surface area contributed by atoms with E-state index >= 15 is 0 Å². The number of nitrogens with two attached hydrogens (primary N) is 1. The molecule has 3 heteroatoms. The van der Waals surface area contributed by atoms with Gasteiger partial charge in [0.15, 0.2) is 0 Å². The predicted molar refractivity (Wildman–Crippen MR) is 77.7 cm³/mol. The molecule has 2 saturated heterocycles. The van der Waals surface area contributed by atoms with E-state index in [0.717, 1.165) is 18.5 Å². The predicted octanol–water partition coefficient (Wildman–Crippen LogP) is 1.92. The minimum atomic E-state index is 0.303. The Kier molecular flexibility index (Phi) is 4.68. The second-order valence-electron chi connectivity index (χ2n) is 6.51. The van der Waals surface area contributed by atoms with Crippen LogP contribution in [0, 0.1) is 5.92 Å². The maximum absolute atomic E-state index is 6.21. The third-order valence-corrected chi connectivity index (χ3v) is 5.29. The van der Waals surface area contributed by atoms with E-state index in [9.17, 15) is 0 Å². The van der Waals surface area contributed by atoms with Crippen molar-refractivity contribution in [1.29, 1.82) is 0 Å². The first-order valence-electron chi connectivity index (χ1n) is 7.82. The Hall–Kier alpha value is -0.120. The largest absolute Gasteiger partial charge is 0.329 e. The first-order chi connectivity index (χ1) is 8.63. The smallest absolute Gasteiger partial charge is 0.0359 e. The van der Waals surface area contributed by atoms with Crippen molar-refractivity contribution in [2.75, 3.05) is 32.7 Å². The molecule has 0 amide bonds. The lowest BCUT2D eigenvalue weighted by molar-refractivity contribution is 0.00713. The summed E-state index contributed by atoms with van der Waals surface area (Å²) in [6.45, 7) is 12.8. The van der Waals surface area contributed by atoms with E-state index in [-0.39, 0.29) is 0 Å². The van der Waals surface area contributed by atoms with Crippen molar-refractivity contribution in [2.45, 2.75) is 58.0 Å². The minimum absolute atomic E-state index is 0.303. The summed E-state index contributed by atoms with van der Waals surface area (Å²) in [6, 6.07) is 0.765. The van der Waals surface area contributed by atoms with Gasteiger partial charge >= 0.3 is 0 Å². The van der Waals surface area contributed by atoms with Crippen molar-refractivity contribution in [3.8, 4) is 0 Å². The van der Waals surface area contributed by atoms with Crippen LogP contribution in [0.25, 0.3) is 0 Å². The summed E-state index contributed by atoms with van der Waals surface area (Å²) in [4.78, 5) is 5.35. The van der Waals surface area contributed by atoms with E-state index in [1.807, 2.05) is 0 Å². The molecule has 0 spiro atoms. The van der Waals surface area contributed by atoms with Crippen LogP contribution < -0.4 is 5.73 Å². The van der Waals surface area contributed by atoms with Gasteiger partial charge in [-0.15, -0.1) is 0 Å². The summed E-state index contributed by atoms with van der Waals surface area (Å²) in [5.74, 6) is 0.764. The summed E-state index contributed by atoms with van der Waals surface area (Å²) in [5.41, 5.74) is 6.51. The number of hydrogen-bond donors (Lipinski definition) is 1.